The third-order valence-electron chi connectivity index (χ3n) is 2.80. The molecule has 1 unspecified atom stereocenters. The van der Waals surface area contributed by atoms with Crippen LogP contribution in [0.15, 0.2) is 23.1 Å². The highest BCUT2D eigenvalue weighted by atomic mass is 32.2. The van der Waals surface area contributed by atoms with Gasteiger partial charge in [-0.25, -0.2) is 8.42 Å². The molecule has 0 N–H and O–H groups in total. The highest BCUT2D eigenvalue weighted by Gasteiger charge is 2.28. The second-order valence-corrected chi connectivity index (χ2v) is 6.10. The number of nitrogens with zero attached hydrogens (tertiary/aromatic N) is 3. The summed E-state index contributed by atoms with van der Waals surface area (Å²) in [5.74, 6) is -1.11. The Kier molecular flexibility index (Phi) is 4.75. The average molecular weight is 301 g/mol. The molecule has 0 saturated carbocycles. The lowest BCUT2D eigenvalue weighted by Gasteiger charge is -2.22. The first kappa shape index (κ1) is 16.0. The summed E-state index contributed by atoms with van der Waals surface area (Å²) in [6.45, 7) is 1.53. The highest BCUT2D eigenvalue weighted by molar-refractivity contribution is 7.89. The fraction of sp³-hybridized carbons (Fsp3) is 0.364. The molecule has 0 fully saturated rings. The van der Waals surface area contributed by atoms with Gasteiger partial charge in [0, 0.05) is 19.2 Å². The van der Waals surface area contributed by atoms with Crippen LogP contribution in [0.3, 0.4) is 0 Å². The van der Waals surface area contributed by atoms with E-state index < -0.39 is 37.4 Å². The first-order chi connectivity index (χ1) is 9.21. The van der Waals surface area contributed by atoms with E-state index >= 15 is 0 Å². The lowest BCUT2D eigenvalue weighted by molar-refractivity contribution is -0.387. The summed E-state index contributed by atoms with van der Waals surface area (Å²) in [6, 6.07) is 3.58. The largest absolute Gasteiger partial charge is 0.306 e. The van der Waals surface area contributed by atoms with Gasteiger partial charge in [-0.3, -0.25) is 10.1 Å². The SMILES string of the molecule is CC(CC#N)N(C)S(=O)(=O)c1ccc(F)c([N+](=O)[O-])c1. The van der Waals surface area contributed by atoms with Crippen molar-refractivity contribution >= 4 is 15.7 Å². The number of sulfonamides is 1. The molecule has 0 aliphatic carbocycles. The minimum Gasteiger partial charge on any atom is -0.258 e. The molecule has 108 valence electrons. The first-order valence-corrected chi connectivity index (χ1v) is 6.94. The minimum absolute atomic E-state index is 0.0288. The van der Waals surface area contributed by atoms with Crippen molar-refractivity contribution < 1.29 is 17.7 Å². The predicted molar refractivity (Wildman–Crippen MR) is 67.7 cm³/mol. The second-order valence-electron chi connectivity index (χ2n) is 4.10. The van der Waals surface area contributed by atoms with Crippen molar-refractivity contribution in [2.75, 3.05) is 7.05 Å². The molecule has 0 radical (unpaired) electrons. The van der Waals surface area contributed by atoms with Crippen molar-refractivity contribution in [3.05, 3.63) is 34.1 Å². The lowest BCUT2D eigenvalue weighted by Crippen LogP contribution is -2.34. The second kappa shape index (κ2) is 5.94. The van der Waals surface area contributed by atoms with Crippen LogP contribution in [0, 0.1) is 27.3 Å². The van der Waals surface area contributed by atoms with Crippen LogP contribution in [0.1, 0.15) is 13.3 Å². The number of nitro benzene ring substituents is 1. The molecule has 1 atom stereocenters. The maximum absolute atomic E-state index is 13.2. The molecule has 1 aromatic carbocycles. The fourth-order valence-electron chi connectivity index (χ4n) is 1.46. The van der Waals surface area contributed by atoms with E-state index in [4.69, 9.17) is 5.26 Å². The third-order valence-corrected chi connectivity index (χ3v) is 4.77. The van der Waals surface area contributed by atoms with Crippen molar-refractivity contribution in [1.82, 2.24) is 4.31 Å². The van der Waals surface area contributed by atoms with Gasteiger partial charge in [0.1, 0.15) is 0 Å². The number of nitro groups is 1. The Morgan fingerprint density at radius 3 is 2.65 bits per heavy atom. The Bertz CT molecular complexity index is 669. The van der Waals surface area contributed by atoms with Gasteiger partial charge in [0.2, 0.25) is 15.8 Å². The third kappa shape index (κ3) is 3.09. The van der Waals surface area contributed by atoms with Gasteiger partial charge in [0.25, 0.3) is 0 Å². The number of nitriles is 1. The van der Waals surface area contributed by atoms with E-state index in [2.05, 4.69) is 0 Å². The molecule has 20 heavy (non-hydrogen) atoms. The summed E-state index contributed by atoms with van der Waals surface area (Å²) in [7, 11) is -2.77. The predicted octanol–water partition coefficient (Wildman–Crippen LogP) is 1.66. The number of hydrogen-bond donors (Lipinski definition) is 0. The van der Waals surface area contributed by atoms with Crippen LogP contribution in [0.4, 0.5) is 10.1 Å². The van der Waals surface area contributed by atoms with Gasteiger partial charge in [0.15, 0.2) is 0 Å². The molecule has 9 heteroatoms. The summed E-state index contributed by atoms with van der Waals surface area (Å²) < 4.78 is 38.5. The van der Waals surface area contributed by atoms with Gasteiger partial charge >= 0.3 is 5.69 Å². The summed E-state index contributed by atoms with van der Waals surface area (Å²) >= 11 is 0. The molecule has 0 aliphatic rings. The highest BCUT2D eigenvalue weighted by Crippen LogP contribution is 2.24. The Morgan fingerprint density at radius 2 is 2.15 bits per heavy atom. The summed E-state index contributed by atoms with van der Waals surface area (Å²) in [5.41, 5.74) is -0.910. The van der Waals surface area contributed by atoms with Gasteiger partial charge in [-0.2, -0.15) is 14.0 Å². The maximum Gasteiger partial charge on any atom is 0.306 e. The molecule has 0 heterocycles. The van der Waals surface area contributed by atoms with Crippen molar-refractivity contribution in [2.24, 2.45) is 0 Å². The van der Waals surface area contributed by atoms with Crippen LogP contribution < -0.4 is 0 Å². The van der Waals surface area contributed by atoms with Crippen LogP contribution in [-0.2, 0) is 10.0 Å². The Labute approximate surface area is 115 Å². The summed E-state index contributed by atoms with van der Waals surface area (Å²) in [6.07, 6.45) is -0.0288. The molecular formula is C11H12FN3O4S. The number of rotatable bonds is 5. The zero-order valence-corrected chi connectivity index (χ0v) is 11.6. The molecule has 0 saturated heterocycles. The Morgan fingerprint density at radius 1 is 1.55 bits per heavy atom. The quantitative estimate of drug-likeness (QED) is 0.607. The average Bonchev–Trinajstić information content (AvgIpc) is 2.37. The molecule has 1 rings (SSSR count). The molecule has 0 aromatic heterocycles. The van der Waals surface area contributed by atoms with E-state index in [9.17, 15) is 22.9 Å². The smallest absolute Gasteiger partial charge is 0.258 e. The monoisotopic (exact) mass is 301 g/mol. The van der Waals surface area contributed by atoms with E-state index in [1.807, 2.05) is 6.07 Å². The van der Waals surface area contributed by atoms with Crippen LogP contribution in [-0.4, -0.2) is 30.7 Å². The topological polar surface area (TPSA) is 104 Å². The van der Waals surface area contributed by atoms with Crippen LogP contribution >= 0.6 is 0 Å². The molecular weight excluding hydrogens is 289 g/mol. The molecule has 0 spiro atoms. The van der Waals surface area contributed by atoms with Gasteiger partial charge in [0.05, 0.1) is 22.3 Å². The molecule has 0 amide bonds. The van der Waals surface area contributed by atoms with Gasteiger partial charge in [-0.1, -0.05) is 0 Å². The van der Waals surface area contributed by atoms with Crippen LogP contribution in [0.25, 0.3) is 0 Å². The van der Waals surface area contributed by atoms with Crippen molar-refractivity contribution in [3.63, 3.8) is 0 Å². The zero-order chi connectivity index (χ0) is 15.5. The van der Waals surface area contributed by atoms with Crippen molar-refractivity contribution in [1.29, 1.82) is 5.26 Å². The minimum atomic E-state index is -4.02. The van der Waals surface area contributed by atoms with E-state index in [1.165, 1.54) is 14.0 Å². The van der Waals surface area contributed by atoms with Gasteiger partial charge < -0.3 is 0 Å². The molecule has 1 aromatic rings. The van der Waals surface area contributed by atoms with Crippen LogP contribution in [0.2, 0.25) is 0 Å². The van der Waals surface area contributed by atoms with Gasteiger partial charge in [-0.05, 0) is 19.1 Å². The normalized spacial score (nSPS) is 12.9. The van der Waals surface area contributed by atoms with Crippen molar-refractivity contribution in [2.45, 2.75) is 24.3 Å². The number of hydrogen-bond acceptors (Lipinski definition) is 5. The standard InChI is InChI=1S/C11H12FN3O4S/c1-8(5-6-13)14(2)20(18,19)9-3-4-10(12)11(7-9)15(16)17/h3-4,7-8H,5H2,1-2H3. The fourth-order valence-corrected chi connectivity index (χ4v) is 2.84. The summed E-state index contributed by atoms with van der Waals surface area (Å²) in [5, 5.41) is 19.2. The first-order valence-electron chi connectivity index (χ1n) is 5.50. The van der Waals surface area contributed by atoms with E-state index in [-0.39, 0.29) is 6.42 Å². The number of halogens is 1. The van der Waals surface area contributed by atoms with E-state index in [0.29, 0.717) is 6.07 Å². The Hall–Kier alpha value is -2.05. The van der Waals surface area contributed by atoms with Crippen molar-refractivity contribution in [3.8, 4) is 6.07 Å². The van der Waals surface area contributed by atoms with Gasteiger partial charge in [-0.15, -0.1) is 0 Å². The number of benzene rings is 1. The maximum atomic E-state index is 13.2. The Balaban J connectivity index is 3.27. The van der Waals surface area contributed by atoms with Crippen LogP contribution in [0.5, 0.6) is 0 Å². The molecule has 0 aliphatic heterocycles. The van der Waals surface area contributed by atoms with E-state index in [0.717, 1.165) is 16.4 Å². The molecule has 7 nitrogen and oxygen atoms in total. The lowest BCUT2D eigenvalue weighted by atomic mass is 10.3. The molecule has 0 bridgehead atoms. The zero-order valence-electron chi connectivity index (χ0n) is 10.8. The van der Waals surface area contributed by atoms with E-state index in [1.54, 1.807) is 0 Å². The summed E-state index contributed by atoms with van der Waals surface area (Å²) in [4.78, 5) is 9.24.